The molecule has 0 fully saturated rings. The number of benzene rings is 1. The van der Waals surface area contributed by atoms with E-state index < -0.39 is 23.6 Å². The smallest absolute Gasteiger partial charge is 0.360 e. The largest absolute Gasteiger partial charge is 0.461 e. The molecule has 0 spiro atoms. The summed E-state index contributed by atoms with van der Waals surface area (Å²) in [6.07, 6.45) is 0.00572. The molecule has 156 valence electrons. The van der Waals surface area contributed by atoms with Crippen molar-refractivity contribution < 1.29 is 23.1 Å². The number of aromatic nitrogens is 2. The van der Waals surface area contributed by atoms with Gasteiger partial charge in [-0.15, -0.1) is 0 Å². The second-order valence-electron chi connectivity index (χ2n) is 6.76. The fourth-order valence-electron chi connectivity index (χ4n) is 3.25. The van der Waals surface area contributed by atoms with Gasteiger partial charge in [-0.2, -0.15) is 0 Å². The van der Waals surface area contributed by atoms with Crippen LogP contribution >= 0.6 is 11.6 Å². The molecule has 1 aromatic carbocycles. The predicted octanol–water partition coefficient (Wildman–Crippen LogP) is 2.29. The Hall–Kier alpha value is -2.52. The molecular formula is C19H21ClF2N4O3. The zero-order valence-corrected chi connectivity index (χ0v) is 16.6. The summed E-state index contributed by atoms with van der Waals surface area (Å²) in [4.78, 5) is 30.3. The first kappa shape index (κ1) is 21.2. The highest BCUT2D eigenvalue weighted by Crippen LogP contribution is 2.24. The quantitative estimate of drug-likeness (QED) is 0.716. The lowest BCUT2D eigenvalue weighted by molar-refractivity contribution is -0.133. The summed E-state index contributed by atoms with van der Waals surface area (Å²) in [5.74, 6) is -1.50. The van der Waals surface area contributed by atoms with E-state index in [0.717, 1.165) is 18.2 Å². The van der Waals surface area contributed by atoms with Crippen LogP contribution in [0.3, 0.4) is 0 Å². The first-order valence-electron chi connectivity index (χ1n) is 9.19. The Bertz CT molecular complexity index is 934. The van der Waals surface area contributed by atoms with Gasteiger partial charge in [0.2, 0.25) is 5.91 Å². The molecule has 0 bridgehead atoms. The van der Waals surface area contributed by atoms with Crippen LogP contribution in [0.15, 0.2) is 18.2 Å². The zero-order valence-electron chi connectivity index (χ0n) is 15.8. The Labute approximate surface area is 171 Å². The second kappa shape index (κ2) is 8.87. The molecule has 0 unspecified atom stereocenters. The van der Waals surface area contributed by atoms with Gasteiger partial charge in [0.1, 0.15) is 22.6 Å². The standard InChI is InChI=1S/C19H21ClF2N4O3/c1-2-29-19(28)17-18(20)26-6-5-25(10-15(26)24-17)16(27)9-13(23)8-11-7-12(21)3-4-14(11)22/h3-4,7,13H,2,5-6,8-10,23H2,1H3/t13-/m1/s1. The molecule has 2 heterocycles. The van der Waals surface area contributed by atoms with Gasteiger partial charge < -0.3 is 19.9 Å². The number of rotatable bonds is 6. The normalized spacial score (nSPS) is 14.4. The van der Waals surface area contributed by atoms with Crippen LogP contribution in [0.25, 0.3) is 0 Å². The highest BCUT2D eigenvalue weighted by Gasteiger charge is 2.29. The SMILES string of the molecule is CCOC(=O)c1nc2n(c1Cl)CCN(C(=O)C[C@H](N)Cc1cc(F)ccc1F)C2. The first-order valence-corrected chi connectivity index (χ1v) is 9.57. The molecule has 10 heteroatoms. The maximum atomic E-state index is 13.8. The second-order valence-corrected chi connectivity index (χ2v) is 7.12. The number of hydrogen-bond donors (Lipinski definition) is 1. The molecule has 0 radical (unpaired) electrons. The average molecular weight is 427 g/mol. The minimum atomic E-state index is -0.667. The molecule has 0 aliphatic carbocycles. The van der Waals surface area contributed by atoms with Crippen LogP contribution in [-0.4, -0.2) is 45.5 Å². The predicted molar refractivity (Wildman–Crippen MR) is 101 cm³/mol. The van der Waals surface area contributed by atoms with Crippen molar-refractivity contribution >= 4 is 23.5 Å². The van der Waals surface area contributed by atoms with Crippen molar-refractivity contribution in [1.29, 1.82) is 0 Å². The lowest BCUT2D eigenvalue weighted by atomic mass is 10.0. The molecule has 1 atom stereocenters. The summed E-state index contributed by atoms with van der Waals surface area (Å²) in [7, 11) is 0. The number of fused-ring (bicyclic) bond motifs is 1. The monoisotopic (exact) mass is 426 g/mol. The third kappa shape index (κ3) is 4.73. The van der Waals surface area contributed by atoms with E-state index in [1.807, 2.05) is 0 Å². The minimum Gasteiger partial charge on any atom is -0.461 e. The Kier molecular flexibility index (Phi) is 6.49. The highest BCUT2D eigenvalue weighted by atomic mass is 35.5. The third-order valence-corrected chi connectivity index (χ3v) is 5.04. The van der Waals surface area contributed by atoms with Crippen molar-refractivity contribution in [3.63, 3.8) is 0 Å². The van der Waals surface area contributed by atoms with E-state index in [-0.39, 0.29) is 48.3 Å². The van der Waals surface area contributed by atoms with Gasteiger partial charge in [0.05, 0.1) is 13.2 Å². The summed E-state index contributed by atoms with van der Waals surface area (Å²) in [6, 6.07) is 2.48. The van der Waals surface area contributed by atoms with Gasteiger partial charge >= 0.3 is 5.97 Å². The maximum Gasteiger partial charge on any atom is 0.360 e. The van der Waals surface area contributed by atoms with Crippen molar-refractivity contribution in [2.75, 3.05) is 13.2 Å². The number of imidazole rings is 1. The van der Waals surface area contributed by atoms with Gasteiger partial charge in [-0.1, -0.05) is 11.6 Å². The van der Waals surface area contributed by atoms with E-state index >= 15 is 0 Å². The highest BCUT2D eigenvalue weighted by molar-refractivity contribution is 6.32. The van der Waals surface area contributed by atoms with Gasteiger partial charge in [-0.25, -0.2) is 18.6 Å². The number of hydrogen-bond acceptors (Lipinski definition) is 5. The van der Waals surface area contributed by atoms with Gasteiger partial charge in [0, 0.05) is 25.6 Å². The summed E-state index contributed by atoms with van der Waals surface area (Å²) in [6.45, 7) is 2.79. The molecule has 0 saturated carbocycles. The van der Waals surface area contributed by atoms with Crippen LogP contribution in [-0.2, 0) is 29.0 Å². The number of esters is 1. The average Bonchev–Trinajstić information content (AvgIpc) is 3.01. The van der Waals surface area contributed by atoms with E-state index in [4.69, 9.17) is 22.1 Å². The van der Waals surface area contributed by atoms with Gasteiger partial charge in [-0.05, 0) is 37.1 Å². The Morgan fingerprint density at radius 3 is 2.83 bits per heavy atom. The molecule has 29 heavy (non-hydrogen) atoms. The molecule has 1 aliphatic heterocycles. The fourth-order valence-corrected chi connectivity index (χ4v) is 3.55. The van der Waals surface area contributed by atoms with Crippen molar-refractivity contribution in [2.24, 2.45) is 5.73 Å². The number of nitrogens with zero attached hydrogens (tertiary/aromatic N) is 3. The topological polar surface area (TPSA) is 90.5 Å². The van der Waals surface area contributed by atoms with E-state index in [2.05, 4.69) is 4.98 Å². The van der Waals surface area contributed by atoms with Crippen molar-refractivity contribution in [3.8, 4) is 0 Å². The van der Waals surface area contributed by atoms with Gasteiger partial charge in [0.15, 0.2) is 5.69 Å². The van der Waals surface area contributed by atoms with Crippen LogP contribution < -0.4 is 5.73 Å². The molecule has 0 saturated heterocycles. The molecule has 1 amide bonds. The number of carbonyl (C=O) groups is 2. The minimum absolute atomic E-state index is 0.0242. The first-order chi connectivity index (χ1) is 13.8. The van der Waals surface area contributed by atoms with Gasteiger partial charge in [0.25, 0.3) is 0 Å². The zero-order chi connectivity index (χ0) is 21.1. The molecule has 7 nitrogen and oxygen atoms in total. The summed E-state index contributed by atoms with van der Waals surface area (Å²) >= 11 is 6.21. The Balaban J connectivity index is 1.64. The number of ether oxygens (including phenoxy) is 1. The van der Waals surface area contributed by atoms with E-state index in [1.165, 1.54) is 0 Å². The summed E-state index contributed by atoms with van der Waals surface area (Å²) in [5.41, 5.74) is 6.14. The molecule has 3 rings (SSSR count). The molecule has 1 aromatic heterocycles. The Morgan fingerprint density at radius 1 is 1.34 bits per heavy atom. The summed E-state index contributed by atoms with van der Waals surface area (Å²) < 4.78 is 33.7. The van der Waals surface area contributed by atoms with Crippen LogP contribution in [0.2, 0.25) is 5.15 Å². The number of carbonyl (C=O) groups excluding carboxylic acids is 2. The van der Waals surface area contributed by atoms with E-state index in [9.17, 15) is 18.4 Å². The molecule has 1 aliphatic rings. The number of nitrogens with two attached hydrogens (primary N) is 1. The van der Waals surface area contributed by atoms with Gasteiger partial charge in [-0.3, -0.25) is 4.79 Å². The van der Waals surface area contributed by atoms with Crippen molar-refractivity contribution in [3.05, 3.63) is 52.1 Å². The van der Waals surface area contributed by atoms with Crippen LogP contribution in [0.1, 0.15) is 35.2 Å². The van der Waals surface area contributed by atoms with E-state index in [0.29, 0.717) is 18.9 Å². The van der Waals surface area contributed by atoms with Crippen LogP contribution in [0.5, 0.6) is 0 Å². The van der Waals surface area contributed by atoms with E-state index in [1.54, 1.807) is 16.4 Å². The summed E-state index contributed by atoms with van der Waals surface area (Å²) in [5, 5.41) is 0.184. The third-order valence-electron chi connectivity index (χ3n) is 4.66. The molecular weight excluding hydrogens is 406 g/mol. The Morgan fingerprint density at radius 2 is 2.10 bits per heavy atom. The van der Waals surface area contributed by atoms with Crippen LogP contribution in [0.4, 0.5) is 8.78 Å². The van der Waals surface area contributed by atoms with Crippen LogP contribution in [0, 0.1) is 11.6 Å². The maximum absolute atomic E-state index is 13.8. The molecule has 2 aromatic rings. The van der Waals surface area contributed by atoms with Crippen molar-refractivity contribution in [1.82, 2.24) is 14.5 Å². The molecule has 2 N–H and O–H groups in total. The van der Waals surface area contributed by atoms with Crippen molar-refractivity contribution in [2.45, 2.75) is 38.9 Å². The number of amides is 1. The lowest BCUT2D eigenvalue weighted by Gasteiger charge is -2.29. The lowest BCUT2D eigenvalue weighted by Crippen LogP contribution is -2.41. The fraction of sp³-hybridized carbons (Fsp3) is 0.421. The number of halogens is 3.